The van der Waals surface area contributed by atoms with Crippen molar-refractivity contribution in [3.8, 4) is 0 Å². The number of carbonyl (C=O) groups excluding carboxylic acids is 1. The molecule has 1 rings (SSSR count). The zero-order chi connectivity index (χ0) is 11.1. The number of hydrogen-bond donors (Lipinski definition) is 3. The molecule has 82 valence electrons. The maximum absolute atomic E-state index is 10.5. The molecule has 0 saturated heterocycles. The van der Waals surface area contributed by atoms with Crippen LogP contribution in [0.5, 0.6) is 0 Å². The van der Waals surface area contributed by atoms with Gasteiger partial charge in [0.15, 0.2) is 0 Å². The molecule has 0 unspecified atom stereocenters. The summed E-state index contributed by atoms with van der Waals surface area (Å²) in [5.74, 6) is 0.901. The number of nitrogens with zero attached hydrogens (tertiary/aromatic N) is 2. The summed E-state index contributed by atoms with van der Waals surface area (Å²) >= 11 is 0. The minimum Gasteiger partial charge on any atom is -0.370 e. The topological polar surface area (TPSA) is 92.9 Å². The van der Waals surface area contributed by atoms with Crippen molar-refractivity contribution in [1.29, 1.82) is 0 Å². The largest absolute Gasteiger partial charge is 0.370 e. The van der Waals surface area contributed by atoms with Crippen LogP contribution < -0.4 is 16.4 Å². The van der Waals surface area contributed by atoms with E-state index in [4.69, 9.17) is 5.73 Å². The summed E-state index contributed by atoms with van der Waals surface area (Å²) in [4.78, 5) is 18.5. The van der Waals surface area contributed by atoms with E-state index in [0.29, 0.717) is 5.82 Å². The van der Waals surface area contributed by atoms with Crippen LogP contribution in [-0.4, -0.2) is 29.0 Å². The van der Waals surface area contributed by atoms with E-state index in [9.17, 15) is 4.79 Å². The van der Waals surface area contributed by atoms with Crippen molar-refractivity contribution in [3.05, 3.63) is 12.4 Å². The van der Waals surface area contributed by atoms with E-state index in [-0.39, 0.29) is 6.54 Å². The van der Waals surface area contributed by atoms with Crippen molar-refractivity contribution >= 4 is 17.5 Å². The lowest BCUT2D eigenvalue weighted by molar-refractivity contribution is -0.116. The fraction of sp³-hybridized carbons (Fsp3) is 0.444. The van der Waals surface area contributed by atoms with E-state index >= 15 is 0 Å². The number of nitrogens with one attached hydrogen (secondary N) is 2. The quantitative estimate of drug-likeness (QED) is 0.622. The van der Waals surface area contributed by atoms with Gasteiger partial charge in [-0.2, -0.15) is 0 Å². The first-order valence-electron chi connectivity index (χ1n) is 4.80. The Morgan fingerprint density at radius 3 is 2.67 bits per heavy atom. The van der Waals surface area contributed by atoms with Crippen LogP contribution in [0.3, 0.4) is 0 Å². The molecule has 6 heteroatoms. The molecule has 6 nitrogen and oxygen atoms in total. The second-order valence-corrected chi connectivity index (χ2v) is 3.04. The van der Waals surface area contributed by atoms with Gasteiger partial charge in [0.1, 0.15) is 18.0 Å². The monoisotopic (exact) mass is 209 g/mol. The van der Waals surface area contributed by atoms with Crippen molar-refractivity contribution in [1.82, 2.24) is 9.97 Å². The molecule has 0 spiro atoms. The summed E-state index contributed by atoms with van der Waals surface area (Å²) < 4.78 is 0. The number of primary amides is 1. The van der Waals surface area contributed by atoms with Crippen molar-refractivity contribution in [3.63, 3.8) is 0 Å². The fourth-order valence-electron chi connectivity index (χ4n) is 0.981. The van der Waals surface area contributed by atoms with Crippen LogP contribution in [0.2, 0.25) is 0 Å². The molecule has 0 saturated carbocycles. The van der Waals surface area contributed by atoms with Crippen LogP contribution >= 0.6 is 0 Å². The first-order valence-corrected chi connectivity index (χ1v) is 4.80. The van der Waals surface area contributed by atoms with Crippen molar-refractivity contribution < 1.29 is 4.79 Å². The van der Waals surface area contributed by atoms with Gasteiger partial charge in [0.25, 0.3) is 0 Å². The van der Waals surface area contributed by atoms with Gasteiger partial charge >= 0.3 is 0 Å². The van der Waals surface area contributed by atoms with Crippen LogP contribution in [0.25, 0.3) is 0 Å². The van der Waals surface area contributed by atoms with E-state index in [2.05, 4.69) is 27.5 Å². The SMILES string of the molecule is CCCNc1cc(NCC(N)=O)ncn1. The Hall–Kier alpha value is -1.85. The number of anilines is 2. The summed E-state index contributed by atoms with van der Waals surface area (Å²) in [6.45, 7) is 3.00. The number of nitrogens with two attached hydrogens (primary N) is 1. The molecule has 1 aromatic heterocycles. The molecular formula is C9H15N5O. The van der Waals surface area contributed by atoms with Gasteiger partial charge in [0.05, 0.1) is 6.54 Å². The van der Waals surface area contributed by atoms with Crippen molar-refractivity contribution in [2.75, 3.05) is 23.7 Å². The molecule has 0 fully saturated rings. The highest BCUT2D eigenvalue weighted by molar-refractivity contribution is 5.78. The highest BCUT2D eigenvalue weighted by Crippen LogP contribution is 2.07. The van der Waals surface area contributed by atoms with E-state index in [1.54, 1.807) is 6.07 Å². The average molecular weight is 209 g/mol. The van der Waals surface area contributed by atoms with Crippen molar-refractivity contribution in [2.24, 2.45) is 5.73 Å². The van der Waals surface area contributed by atoms with Gasteiger partial charge in [-0.05, 0) is 6.42 Å². The van der Waals surface area contributed by atoms with Crippen molar-refractivity contribution in [2.45, 2.75) is 13.3 Å². The van der Waals surface area contributed by atoms with Gasteiger partial charge in [0, 0.05) is 12.6 Å². The fourth-order valence-corrected chi connectivity index (χ4v) is 0.981. The van der Waals surface area contributed by atoms with Crippen LogP contribution in [0, 0.1) is 0 Å². The van der Waals surface area contributed by atoms with E-state index in [0.717, 1.165) is 18.8 Å². The highest BCUT2D eigenvalue weighted by Gasteiger charge is 1.98. The number of carbonyl (C=O) groups is 1. The number of hydrogen-bond acceptors (Lipinski definition) is 5. The third-order valence-electron chi connectivity index (χ3n) is 1.67. The Balaban J connectivity index is 2.53. The molecule has 1 amide bonds. The number of rotatable bonds is 6. The second kappa shape index (κ2) is 5.79. The molecule has 0 radical (unpaired) electrons. The normalized spacial score (nSPS) is 9.67. The lowest BCUT2D eigenvalue weighted by Crippen LogP contribution is -2.22. The molecular weight excluding hydrogens is 194 g/mol. The average Bonchev–Trinajstić information content (AvgIpc) is 2.24. The first kappa shape index (κ1) is 11.2. The minimum absolute atomic E-state index is 0.0736. The van der Waals surface area contributed by atoms with Crippen LogP contribution in [0.15, 0.2) is 12.4 Å². The van der Waals surface area contributed by atoms with Gasteiger partial charge in [-0.15, -0.1) is 0 Å². The predicted molar refractivity (Wildman–Crippen MR) is 58.5 cm³/mol. The van der Waals surface area contributed by atoms with Gasteiger partial charge in [0.2, 0.25) is 5.91 Å². The summed E-state index contributed by atoms with van der Waals surface area (Å²) in [5.41, 5.74) is 5.00. The standard InChI is InChI=1S/C9H15N5O/c1-2-3-11-8-4-9(14-6-13-8)12-5-7(10)15/h4,6H,2-3,5H2,1H3,(H2,10,15)(H2,11,12,13,14). The molecule has 0 aliphatic rings. The van der Waals surface area contributed by atoms with Crippen LogP contribution in [-0.2, 0) is 4.79 Å². The zero-order valence-corrected chi connectivity index (χ0v) is 8.66. The number of amides is 1. The lowest BCUT2D eigenvalue weighted by atomic mass is 10.4. The summed E-state index contributed by atoms with van der Waals surface area (Å²) in [6, 6.07) is 1.73. The molecule has 0 aliphatic carbocycles. The Labute approximate surface area is 88.3 Å². The molecule has 0 aliphatic heterocycles. The maximum Gasteiger partial charge on any atom is 0.236 e. The second-order valence-electron chi connectivity index (χ2n) is 3.04. The van der Waals surface area contributed by atoms with Crippen LogP contribution in [0.1, 0.15) is 13.3 Å². The lowest BCUT2D eigenvalue weighted by Gasteiger charge is -2.06. The third kappa shape index (κ3) is 4.26. The number of aromatic nitrogens is 2. The molecule has 4 N–H and O–H groups in total. The highest BCUT2D eigenvalue weighted by atomic mass is 16.1. The first-order chi connectivity index (χ1) is 7.22. The smallest absolute Gasteiger partial charge is 0.236 e. The summed E-state index contributed by atoms with van der Waals surface area (Å²) in [5, 5.41) is 5.91. The van der Waals surface area contributed by atoms with Gasteiger partial charge in [-0.1, -0.05) is 6.92 Å². The van der Waals surface area contributed by atoms with Gasteiger partial charge in [-0.25, -0.2) is 9.97 Å². The summed E-state index contributed by atoms with van der Waals surface area (Å²) in [6.07, 6.45) is 2.45. The van der Waals surface area contributed by atoms with Gasteiger partial charge < -0.3 is 16.4 Å². The Kier molecular flexibility index (Phi) is 4.33. The molecule has 0 aromatic carbocycles. The Bertz CT molecular complexity index is 328. The molecule has 0 atom stereocenters. The molecule has 0 bridgehead atoms. The minimum atomic E-state index is -0.420. The van der Waals surface area contributed by atoms with E-state index in [1.807, 2.05) is 0 Å². The molecule has 1 heterocycles. The van der Waals surface area contributed by atoms with Gasteiger partial charge in [-0.3, -0.25) is 4.79 Å². The zero-order valence-electron chi connectivity index (χ0n) is 8.66. The Morgan fingerprint density at radius 2 is 2.07 bits per heavy atom. The van der Waals surface area contributed by atoms with E-state index < -0.39 is 5.91 Å². The maximum atomic E-state index is 10.5. The third-order valence-corrected chi connectivity index (χ3v) is 1.67. The summed E-state index contributed by atoms with van der Waals surface area (Å²) in [7, 11) is 0. The molecule has 1 aromatic rings. The van der Waals surface area contributed by atoms with E-state index in [1.165, 1.54) is 6.33 Å². The predicted octanol–water partition coefficient (Wildman–Crippen LogP) is 0.196. The van der Waals surface area contributed by atoms with Crippen LogP contribution in [0.4, 0.5) is 11.6 Å². The molecule has 15 heavy (non-hydrogen) atoms. The Morgan fingerprint density at radius 1 is 1.40 bits per heavy atom.